The van der Waals surface area contributed by atoms with E-state index in [2.05, 4.69) is 0 Å². The fourth-order valence-corrected chi connectivity index (χ4v) is 2.05. The van der Waals surface area contributed by atoms with Crippen LogP contribution < -0.4 is 5.73 Å². The van der Waals surface area contributed by atoms with E-state index < -0.39 is 5.97 Å². The van der Waals surface area contributed by atoms with Gasteiger partial charge in [0.25, 0.3) is 0 Å². The molecule has 15 heavy (non-hydrogen) atoms. The second kappa shape index (κ2) is 5.70. The lowest BCUT2D eigenvalue weighted by molar-refractivity contribution is -0.146. The molecule has 86 valence electrons. The van der Waals surface area contributed by atoms with Crippen LogP contribution in [0.1, 0.15) is 32.1 Å². The molecule has 0 aromatic rings. The van der Waals surface area contributed by atoms with E-state index in [4.69, 9.17) is 10.8 Å². The van der Waals surface area contributed by atoms with Crippen molar-refractivity contribution in [3.05, 3.63) is 0 Å². The van der Waals surface area contributed by atoms with Crippen molar-refractivity contribution in [2.45, 2.75) is 38.1 Å². The predicted octanol–water partition coefficient (Wildman–Crippen LogP) is 0.191. The van der Waals surface area contributed by atoms with Crippen molar-refractivity contribution in [1.82, 2.24) is 4.90 Å². The molecule has 0 aliphatic heterocycles. The fourth-order valence-electron chi connectivity index (χ4n) is 2.05. The van der Waals surface area contributed by atoms with Gasteiger partial charge in [-0.2, -0.15) is 0 Å². The van der Waals surface area contributed by atoms with Crippen molar-refractivity contribution in [3.8, 4) is 0 Å². The monoisotopic (exact) mass is 214 g/mol. The molecule has 0 heterocycles. The number of carboxylic acids is 1. The summed E-state index contributed by atoms with van der Waals surface area (Å²) in [6, 6.07) is 0.111. The van der Waals surface area contributed by atoms with Gasteiger partial charge < -0.3 is 15.7 Å². The Morgan fingerprint density at radius 3 is 2.40 bits per heavy atom. The van der Waals surface area contributed by atoms with Crippen LogP contribution in [0.4, 0.5) is 0 Å². The summed E-state index contributed by atoms with van der Waals surface area (Å²) in [5.41, 5.74) is 5.30. The van der Waals surface area contributed by atoms with Crippen LogP contribution in [0.5, 0.6) is 0 Å². The minimum atomic E-state index is -0.952. The molecule has 0 saturated heterocycles. The molecule has 1 fully saturated rings. The van der Waals surface area contributed by atoms with Gasteiger partial charge in [0, 0.05) is 19.0 Å². The van der Waals surface area contributed by atoms with Crippen LogP contribution in [0.3, 0.4) is 0 Å². The highest BCUT2D eigenvalue weighted by molar-refractivity contribution is 5.81. The molecule has 0 unspecified atom stereocenters. The van der Waals surface area contributed by atoms with Gasteiger partial charge in [-0.1, -0.05) is 12.8 Å². The zero-order valence-corrected chi connectivity index (χ0v) is 8.82. The van der Waals surface area contributed by atoms with Gasteiger partial charge in [0.05, 0.1) is 0 Å². The Morgan fingerprint density at radius 1 is 1.33 bits per heavy atom. The number of hydrogen-bond donors (Lipinski definition) is 2. The van der Waals surface area contributed by atoms with Crippen molar-refractivity contribution in [3.63, 3.8) is 0 Å². The molecule has 1 amide bonds. The minimum absolute atomic E-state index is 0.111. The third-order valence-corrected chi connectivity index (χ3v) is 2.75. The lowest BCUT2D eigenvalue weighted by atomic mass is 10.2. The Labute approximate surface area is 89.2 Å². The first-order valence-electron chi connectivity index (χ1n) is 5.36. The molecule has 0 radical (unpaired) electrons. The summed E-state index contributed by atoms with van der Waals surface area (Å²) in [5.74, 6) is -1.08. The van der Waals surface area contributed by atoms with Gasteiger partial charge in [-0.15, -0.1) is 0 Å². The molecule has 0 aromatic heterocycles. The first kappa shape index (κ1) is 12.0. The third kappa shape index (κ3) is 3.51. The molecule has 0 atom stereocenters. The van der Waals surface area contributed by atoms with Crippen LogP contribution in [0.2, 0.25) is 0 Å². The quantitative estimate of drug-likeness (QED) is 0.684. The van der Waals surface area contributed by atoms with Crippen molar-refractivity contribution in [2.75, 3.05) is 13.1 Å². The molecule has 1 aliphatic carbocycles. The molecule has 5 nitrogen and oxygen atoms in total. The smallest absolute Gasteiger partial charge is 0.323 e. The minimum Gasteiger partial charge on any atom is -0.480 e. The zero-order chi connectivity index (χ0) is 11.3. The average molecular weight is 214 g/mol. The van der Waals surface area contributed by atoms with E-state index in [1.165, 1.54) is 4.90 Å². The number of nitrogens with zero attached hydrogens (tertiary/aromatic N) is 1. The van der Waals surface area contributed by atoms with Crippen molar-refractivity contribution in [1.29, 1.82) is 0 Å². The maximum atomic E-state index is 11.6. The van der Waals surface area contributed by atoms with Gasteiger partial charge >= 0.3 is 5.97 Å². The summed E-state index contributed by atoms with van der Waals surface area (Å²) in [4.78, 5) is 23.8. The second-order valence-electron chi connectivity index (χ2n) is 3.89. The topological polar surface area (TPSA) is 83.6 Å². The van der Waals surface area contributed by atoms with E-state index in [0.717, 1.165) is 25.7 Å². The number of carboxylic acid groups (broad SMARTS) is 1. The van der Waals surface area contributed by atoms with Crippen LogP contribution in [0.25, 0.3) is 0 Å². The molecule has 1 saturated carbocycles. The summed E-state index contributed by atoms with van der Waals surface area (Å²) >= 11 is 0. The van der Waals surface area contributed by atoms with Crippen molar-refractivity contribution >= 4 is 11.9 Å². The maximum Gasteiger partial charge on any atom is 0.323 e. The number of carbonyl (C=O) groups excluding carboxylic acids is 1. The van der Waals surface area contributed by atoms with Crippen LogP contribution in [-0.2, 0) is 9.59 Å². The Hall–Kier alpha value is -1.10. The average Bonchev–Trinajstić information content (AvgIpc) is 2.66. The number of hydrogen-bond acceptors (Lipinski definition) is 3. The van der Waals surface area contributed by atoms with Crippen LogP contribution in [0.15, 0.2) is 0 Å². The van der Waals surface area contributed by atoms with E-state index in [-0.39, 0.29) is 31.5 Å². The zero-order valence-electron chi connectivity index (χ0n) is 8.82. The number of rotatable bonds is 5. The largest absolute Gasteiger partial charge is 0.480 e. The van der Waals surface area contributed by atoms with Gasteiger partial charge in [0.1, 0.15) is 6.54 Å². The molecule has 5 heteroatoms. The number of amides is 1. The molecule has 3 N–H and O–H groups in total. The van der Waals surface area contributed by atoms with Crippen LogP contribution >= 0.6 is 0 Å². The number of aliphatic carboxylic acids is 1. The Kier molecular flexibility index (Phi) is 4.55. The van der Waals surface area contributed by atoms with Gasteiger partial charge in [-0.25, -0.2) is 0 Å². The van der Waals surface area contributed by atoms with Crippen LogP contribution in [0, 0.1) is 0 Å². The van der Waals surface area contributed by atoms with Crippen LogP contribution in [-0.4, -0.2) is 41.0 Å². The van der Waals surface area contributed by atoms with Gasteiger partial charge in [-0.05, 0) is 12.8 Å². The van der Waals surface area contributed by atoms with E-state index in [1.807, 2.05) is 0 Å². The Bertz CT molecular complexity index is 237. The van der Waals surface area contributed by atoms with Crippen molar-refractivity contribution < 1.29 is 14.7 Å². The first-order valence-corrected chi connectivity index (χ1v) is 5.36. The highest BCUT2D eigenvalue weighted by Crippen LogP contribution is 2.23. The number of nitrogens with two attached hydrogens (primary N) is 1. The summed E-state index contributed by atoms with van der Waals surface area (Å²) < 4.78 is 0. The molecule has 1 rings (SSSR count). The predicted molar refractivity (Wildman–Crippen MR) is 55.3 cm³/mol. The highest BCUT2D eigenvalue weighted by atomic mass is 16.4. The molecular formula is C10H18N2O3. The first-order chi connectivity index (χ1) is 7.15. The summed E-state index contributed by atoms with van der Waals surface area (Å²) in [7, 11) is 0. The molecule has 0 bridgehead atoms. The SMILES string of the molecule is NCCC(=O)N(CC(=O)O)C1CCCC1. The standard InChI is InChI=1S/C10H18N2O3/c11-6-5-9(13)12(7-10(14)15)8-3-1-2-4-8/h8H,1-7,11H2,(H,14,15). The number of carbonyl (C=O) groups is 2. The maximum absolute atomic E-state index is 11.6. The van der Waals surface area contributed by atoms with E-state index >= 15 is 0 Å². The molecule has 1 aliphatic rings. The Balaban J connectivity index is 2.58. The summed E-state index contributed by atoms with van der Waals surface area (Å²) in [5, 5.41) is 8.74. The fraction of sp³-hybridized carbons (Fsp3) is 0.800. The molecule has 0 spiro atoms. The van der Waals surface area contributed by atoms with Crippen molar-refractivity contribution in [2.24, 2.45) is 5.73 Å². The van der Waals surface area contributed by atoms with E-state index in [0.29, 0.717) is 0 Å². The lowest BCUT2D eigenvalue weighted by Crippen LogP contribution is -2.42. The third-order valence-electron chi connectivity index (χ3n) is 2.75. The van der Waals surface area contributed by atoms with Gasteiger partial charge in [0.15, 0.2) is 0 Å². The lowest BCUT2D eigenvalue weighted by Gasteiger charge is -2.27. The normalized spacial score (nSPS) is 16.6. The van der Waals surface area contributed by atoms with Gasteiger partial charge in [-0.3, -0.25) is 9.59 Å². The second-order valence-corrected chi connectivity index (χ2v) is 3.89. The van der Waals surface area contributed by atoms with E-state index in [1.54, 1.807) is 0 Å². The molecule has 0 aromatic carbocycles. The van der Waals surface area contributed by atoms with E-state index in [9.17, 15) is 9.59 Å². The summed E-state index contributed by atoms with van der Waals surface area (Å²) in [6.45, 7) is 0.0885. The summed E-state index contributed by atoms with van der Waals surface area (Å²) in [6.07, 6.45) is 4.24. The Morgan fingerprint density at radius 2 is 1.93 bits per heavy atom. The highest BCUT2D eigenvalue weighted by Gasteiger charge is 2.27. The molecular weight excluding hydrogens is 196 g/mol. The van der Waals surface area contributed by atoms with Gasteiger partial charge in [0.2, 0.25) is 5.91 Å².